The second kappa shape index (κ2) is 20.5. The summed E-state index contributed by atoms with van der Waals surface area (Å²) in [4.78, 5) is 16.6. The molecule has 5 rings (SSSR count). The van der Waals surface area contributed by atoms with E-state index in [0.717, 1.165) is 42.3 Å². The molecule has 5 aromatic rings. The van der Waals surface area contributed by atoms with Gasteiger partial charge in [-0.1, -0.05) is 27.7 Å². The summed E-state index contributed by atoms with van der Waals surface area (Å²) in [6, 6.07) is 28.9. The number of nitrogens with zero attached hydrogens (tertiary/aromatic N) is 1. The Kier molecular flexibility index (Phi) is 17.3. The summed E-state index contributed by atoms with van der Waals surface area (Å²) < 4.78 is 4.67. The predicted octanol–water partition coefficient (Wildman–Crippen LogP) is 11.2. The molecular formula is C50H63BiIrNO2-. The van der Waals surface area contributed by atoms with Crippen molar-refractivity contribution in [2.45, 2.75) is 121 Å². The van der Waals surface area contributed by atoms with E-state index in [4.69, 9.17) is 4.98 Å². The van der Waals surface area contributed by atoms with Crippen LogP contribution in [0.1, 0.15) is 113 Å². The predicted molar refractivity (Wildman–Crippen MR) is 235 cm³/mol. The summed E-state index contributed by atoms with van der Waals surface area (Å²) in [5.74, 6) is 0.547. The molecule has 0 aliphatic carbocycles. The molecule has 1 N–H and O–H groups in total. The fraction of sp³-hybridized carbons (Fsp3) is 0.400. The number of aryl methyl sites for hydroxylation is 6. The first-order valence-corrected chi connectivity index (χ1v) is 25.1. The maximum atomic E-state index is 11.7. The third-order valence-electron chi connectivity index (χ3n) is 10.7. The van der Waals surface area contributed by atoms with Crippen molar-refractivity contribution in [2.24, 2.45) is 11.8 Å². The van der Waals surface area contributed by atoms with E-state index in [1.54, 1.807) is 6.54 Å². The third-order valence-corrected chi connectivity index (χ3v) is 22.7. The number of pyridine rings is 1. The van der Waals surface area contributed by atoms with Crippen molar-refractivity contribution < 1.29 is 30.0 Å². The first-order valence-electron chi connectivity index (χ1n) is 19.9. The second-order valence-corrected chi connectivity index (χ2v) is 24.2. The SMILES string of the molecule is CCC(CC)C(=O)/C=C(\O)C(CC)CC.Cc1cc(C)[c]([Bi]([c]2ccnc(-c3[c-]c4ccccc4c(C(C)(C)C)c3)c2)[c]2c(C)cc(C)cc2C)c(C)c1.[Ir]. The van der Waals surface area contributed by atoms with Crippen LogP contribution in [0, 0.1) is 59.4 Å². The van der Waals surface area contributed by atoms with Gasteiger partial charge < -0.3 is 5.11 Å². The van der Waals surface area contributed by atoms with E-state index in [2.05, 4.69) is 135 Å². The average Bonchev–Trinajstić information content (AvgIpc) is 3.10. The van der Waals surface area contributed by atoms with Crippen molar-refractivity contribution in [3.63, 3.8) is 0 Å². The molecule has 0 spiro atoms. The largest absolute Gasteiger partial charge is 0 e. The molecule has 0 unspecified atom stereocenters. The Morgan fingerprint density at radius 3 is 1.71 bits per heavy atom. The van der Waals surface area contributed by atoms with Gasteiger partial charge in [0.2, 0.25) is 0 Å². The molecular weight excluding hydrogens is 1050 g/mol. The van der Waals surface area contributed by atoms with Crippen molar-refractivity contribution in [1.29, 1.82) is 0 Å². The topological polar surface area (TPSA) is 50.2 Å². The first-order chi connectivity index (χ1) is 25.5. The molecule has 1 aromatic heterocycles. The van der Waals surface area contributed by atoms with Gasteiger partial charge >= 0.3 is 244 Å². The molecule has 5 heteroatoms. The third kappa shape index (κ3) is 11.3. The fourth-order valence-electron chi connectivity index (χ4n) is 7.89. The molecule has 0 atom stereocenters. The zero-order chi connectivity index (χ0) is 39.9. The molecule has 4 aromatic carbocycles. The minimum Gasteiger partial charge on any atom is 0 e. The summed E-state index contributed by atoms with van der Waals surface area (Å²) in [5.41, 5.74) is 11.9. The van der Waals surface area contributed by atoms with E-state index in [1.807, 2.05) is 33.9 Å². The number of benzene rings is 4. The van der Waals surface area contributed by atoms with Crippen LogP contribution in [0.4, 0.5) is 0 Å². The monoisotopic (exact) mass is 1110 g/mol. The Bertz CT molecular complexity index is 2010. The van der Waals surface area contributed by atoms with E-state index in [0.29, 0.717) is 0 Å². The Morgan fingerprint density at radius 1 is 0.745 bits per heavy atom. The number of carbonyl (C=O) groups is 1. The van der Waals surface area contributed by atoms with Crippen LogP contribution < -0.4 is 9.81 Å². The number of ketones is 1. The molecule has 295 valence electrons. The number of aliphatic hydroxyl groups is 1. The minimum atomic E-state index is -2.71. The summed E-state index contributed by atoms with van der Waals surface area (Å²) in [7, 11) is 0. The summed E-state index contributed by atoms with van der Waals surface area (Å²) in [6.45, 7) is 28.6. The number of aromatic nitrogens is 1. The maximum Gasteiger partial charge on any atom is 0 e. The van der Waals surface area contributed by atoms with Crippen LogP contribution in [-0.2, 0) is 30.3 Å². The minimum absolute atomic E-state index is 0. The van der Waals surface area contributed by atoms with Gasteiger partial charge in [0.25, 0.3) is 0 Å². The molecule has 0 bridgehead atoms. The van der Waals surface area contributed by atoms with Gasteiger partial charge in [0.15, 0.2) is 5.78 Å². The molecule has 0 fully saturated rings. The van der Waals surface area contributed by atoms with Gasteiger partial charge in [0.05, 0.1) is 5.76 Å². The van der Waals surface area contributed by atoms with Crippen molar-refractivity contribution in [3.8, 4) is 11.3 Å². The van der Waals surface area contributed by atoms with E-state index >= 15 is 0 Å². The first kappa shape index (κ1) is 46.4. The number of aliphatic hydroxyl groups excluding tert-OH is 1. The number of allylic oxidation sites excluding steroid dienone is 2. The Hall–Kier alpha value is -2.97. The number of rotatable bonds is 11. The van der Waals surface area contributed by atoms with E-state index in [1.165, 1.54) is 53.7 Å². The van der Waals surface area contributed by atoms with Crippen molar-refractivity contribution in [1.82, 2.24) is 4.98 Å². The van der Waals surface area contributed by atoms with Gasteiger partial charge in [-0.2, -0.15) is 0 Å². The molecule has 0 aliphatic heterocycles. The Labute approximate surface area is 354 Å². The van der Waals surface area contributed by atoms with Crippen molar-refractivity contribution in [2.75, 3.05) is 0 Å². The van der Waals surface area contributed by atoms with Crippen LogP contribution in [0.5, 0.6) is 0 Å². The van der Waals surface area contributed by atoms with Gasteiger partial charge in [-0.25, -0.2) is 0 Å². The maximum absolute atomic E-state index is 11.7. The van der Waals surface area contributed by atoms with E-state index < -0.39 is 21.8 Å². The van der Waals surface area contributed by atoms with E-state index in [9.17, 15) is 9.90 Å². The normalized spacial score (nSPS) is 11.9. The molecule has 0 saturated carbocycles. The van der Waals surface area contributed by atoms with Crippen LogP contribution in [0.2, 0.25) is 0 Å². The van der Waals surface area contributed by atoms with Crippen LogP contribution in [0.15, 0.2) is 84.8 Å². The van der Waals surface area contributed by atoms with Gasteiger partial charge in [0, 0.05) is 38.0 Å². The van der Waals surface area contributed by atoms with Crippen LogP contribution in [-0.4, -0.2) is 37.6 Å². The van der Waals surface area contributed by atoms with Crippen LogP contribution >= 0.6 is 0 Å². The van der Waals surface area contributed by atoms with Gasteiger partial charge in [-0.05, 0) is 25.7 Å². The summed E-state index contributed by atoms with van der Waals surface area (Å²) in [6.07, 6.45) is 6.94. The molecule has 0 aliphatic rings. The number of fused-ring (bicyclic) bond motifs is 1. The fourth-order valence-corrected chi connectivity index (χ4v) is 19.1. The molecule has 1 heterocycles. The summed E-state index contributed by atoms with van der Waals surface area (Å²) >= 11 is -2.71. The molecule has 3 nitrogen and oxygen atoms in total. The smallest absolute Gasteiger partial charge is 0 e. The van der Waals surface area contributed by atoms with E-state index in [-0.39, 0.29) is 48.9 Å². The zero-order valence-electron chi connectivity index (χ0n) is 35.6. The quantitative estimate of drug-likeness (QED) is 0.0621. The van der Waals surface area contributed by atoms with Crippen LogP contribution in [0.3, 0.4) is 0 Å². The van der Waals surface area contributed by atoms with Crippen LogP contribution in [0.25, 0.3) is 22.0 Å². The number of hydrogen-bond donors (Lipinski definition) is 1. The van der Waals surface area contributed by atoms with Gasteiger partial charge in [0.1, 0.15) is 0 Å². The molecule has 0 amide bonds. The van der Waals surface area contributed by atoms with Crippen molar-refractivity contribution in [3.05, 3.63) is 130 Å². The number of carbonyl (C=O) groups excluding carboxylic acids is 1. The summed E-state index contributed by atoms with van der Waals surface area (Å²) in [5, 5.41) is 12.2. The van der Waals surface area contributed by atoms with Gasteiger partial charge in [-0.15, -0.1) is 0 Å². The standard InChI is InChI=1S/C19H17N.C13H24O2.2C9H11.Bi.Ir/c1-19(2,3)17-13-15(18-10-6-7-11-20-18)12-14-8-4-5-9-16(14)17;1-5-10(6-2)12(14)9-13(15)11(7-3)8-4;2*1-7-4-8(2)6-9(3)5-7;;/h4-5,7-11,13H,1-3H3;9-11,14H,5-8H2,1-4H3;2*4-5H,1-3H3;;/q-1;;;;;/b;12-9-;;;;. The molecule has 1 radical (unpaired) electrons. The Balaban J connectivity index is 0.000000433. The Morgan fingerprint density at radius 2 is 1.24 bits per heavy atom. The van der Waals surface area contributed by atoms with Gasteiger partial charge in [-0.3, -0.25) is 4.79 Å². The molecule has 55 heavy (non-hydrogen) atoms. The second-order valence-electron chi connectivity index (χ2n) is 16.1. The average molecular weight is 1110 g/mol. The molecule has 0 saturated heterocycles. The van der Waals surface area contributed by atoms with Crippen molar-refractivity contribution >= 4 is 48.1 Å². The zero-order valence-corrected chi connectivity index (χ0v) is 41.4. The number of hydrogen-bond acceptors (Lipinski definition) is 3.